The average molecular weight is 447 g/mol. The van der Waals surface area contributed by atoms with Gasteiger partial charge < -0.3 is 14.9 Å². The lowest BCUT2D eigenvalue weighted by atomic mass is 10.0. The second-order valence-electron chi connectivity index (χ2n) is 7.39. The second-order valence-corrected chi connectivity index (χ2v) is 7.80. The molecule has 0 spiro atoms. The number of aromatic hydroxyl groups is 1. The number of piperazine rings is 1. The van der Waals surface area contributed by atoms with Crippen LogP contribution in [0.25, 0.3) is 22.0 Å². The molecule has 31 heavy (non-hydrogen) atoms. The summed E-state index contributed by atoms with van der Waals surface area (Å²) in [5.41, 5.74) is -0.555. The van der Waals surface area contributed by atoms with E-state index in [2.05, 4.69) is 9.97 Å². The molecular formula is C22H21ClF2N4O2. The van der Waals surface area contributed by atoms with Crippen LogP contribution in [-0.2, 0) is 4.79 Å². The first-order chi connectivity index (χ1) is 14.8. The van der Waals surface area contributed by atoms with E-state index in [0.29, 0.717) is 49.6 Å². The highest BCUT2D eigenvalue weighted by atomic mass is 35.5. The van der Waals surface area contributed by atoms with Crippen LogP contribution in [0.15, 0.2) is 24.3 Å². The van der Waals surface area contributed by atoms with Gasteiger partial charge in [0.15, 0.2) is 5.82 Å². The van der Waals surface area contributed by atoms with Gasteiger partial charge in [0.25, 0.3) is 0 Å². The van der Waals surface area contributed by atoms with E-state index < -0.39 is 17.4 Å². The van der Waals surface area contributed by atoms with Crippen LogP contribution >= 0.6 is 11.6 Å². The van der Waals surface area contributed by atoms with Crippen molar-refractivity contribution in [1.29, 1.82) is 0 Å². The zero-order valence-corrected chi connectivity index (χ0v) is 17.9. The molecule has 4 rings (SSSR count). The van der Waals surface area contributed by atoms with E-state index in [4.69, 9.17) is 11.6 Å². The number of rotatable bonds is 3. The highest BCUT2D eigenvalue weighted by molar-refractivity contribution is 6.34. The van der Waals surface area contributed by atoms with E-state index in [1.807, 2.05) is 11.8 Å². The fourth-order valence-electron chi connectivity index (χ4n) is 3.91. The van der Waals surface area contributed by atoms with Crippen molar-refractivity contribution in [1.82, 2.24) is 14.9 Å². The number of phenolic OH excluding ortho intramolecular Hbond substituents is 1. The predicted molar refractivity (Wildman–Crippen MR) is 115 cm³/mol. The second kappa shape index (κ2) is 8.26. The number of hydrogen-bond donors (Lipinski definition) is 1. The number of fused-ring (bicyclic) bond motifs is 1. The van der Waals surface area contributed by atoms with Crippen molar-refractivity contribution in [3.8, 4) is 16.9 Å². The number of amides is 1. The van der Waals surface area contributed by atoms with Gasteiger partial charge in [-0.1, -0.05) is 24.6 Å². The first-order valence-electron chi connectivity index (χ1n) is 9.98. The molecule has 2 heterocycles. The summed E-state index contributed by atoms with van der Waals surface area (Å²) in [6.07, 6.45) is 0.446. The molecule has 162 valence electrons. The lowest BCUT2D eigenvalue weighted by Gasteiger charge is -2.36. The van der Waals surface area contributed by atoms with Crippen molar-refractivity contribution in [3.63, 3.8) is 0 Å². The molecule has 0 unspecified atom stereocenters. The fourth-order valence-corrected chi connectivity index (χ4v) is 4.20. The molecule has 0 aliphatic carbocycles. The largest absolute Gasteiger partial charge is 0.507 e. The van der Waals surface area contributed by atoms with Gasteiger partial charge in [0.1, 0.15) is 28.7 Å². The monoisotopic (exact) mass is 446 g/mol. The summed E-state index contributed by atoms with van der Waals surface area (Å²) in [6.45, 7) is 5.61. The standard InChI is InChI=1S/C22H21ClF2N4O2/c1-3-17(31)28-7-9-29(10-8-28)22-13-11-14(23)18(19-15(24)5-4-6-16(19)30)20(25)21(13)26-12(2)27-22/h4-6,11,30H,3,7-10H2,1-2H3. The van der Waals surface area contributed by atoms with Gasteiger partial charge in [-0.15, -0.1) is 0 Å². The topological polar surface area (TPSA) is 69.6 Å². The van der Waals surface area contributed by atoms with Crippen LogP contribution in [0.3, 0.4) is 0 Å². The normalized spacial score (nSPS) is 14.4. The quantitative estimate of drug-likeness (QED) is 0.649. The maximum Gasteiger partial charge on any atom is 0.222 e. The Morgan fingerprint density at radius 3 is 2.52 bits per heavy atom. The molecule has 3 aromatic rings. The number of carbonyl (C=O) groups excluding carboxylic acids is 1. The Kier molecular flexibility index (Phi) is 5.66. The van der Waals surface area contributed by atoms with Crippen LogP contribution in [0.4, 0.5) is 14.6 Å². The third-order valence-electron chi connectivity index (χ3n) is 5.45. The summed E-state index contributed by atoms with van der Waals surface area (Å²) in [6, 6.07) is 5.22. The number of aromatic nitrogens is 2. The van der Waals surface area contributed by atoms with Crippen LogP contribution in [0.5, 0.6) is 5.75 Å². The molecule has 1 N–H and O–H groups in total. The van der Waals surface area contributed by atoms with Gasteiger partial charge in [-0.05, 0) is 25.1 Å². The number of aryl methyl sites for hydroxylation is 1. The van der Waals surface area contributed by atoms with Crippen LogP contribution in [0.1, 0.15) is 19.2 Å². The summed E-state index contributed by atoms with van der Waals surface area (Å²) < 4.78 is 30.0. The molecule has 1 aliphatic rings. The van der Waals surface area contributed by atoms with E-state index in [-0.39, 0.29) is 27.6 Å². The molecule has 1 saturated heterocycles. The summed E-state index contributed by atoms with van der Waals surface area (Å²) in [5.74, 6) is -1.08. The smallest absolute Gasteiger partial charge is 0.222 e. The van der Waals surface area contributed by atoms with E-state index in [9.17, 15) is 14.3 Å². The SMILES string of the molecule is CCC(=O)N1CCN(c2nc(C)nc3c(F)c(-c4c(O)cccc4F)c(Cl)cc23)CC1. The van der Waals surface area contributed by atoms with Crippen LogP contribution in [0.2, 0.25) is 5.02 Å². The van der Waals surface area contributed by atoms with E-state index in [0.717, 1.165) is 6.07 Å². The maximum absolute atomic E-state index is 15.6. The van der Waals surface area contributed by atoms with Crippen molar-refractivity contribution in [2.45, 2.75) is 20.3 Å². The van der Waals surface area contributed by atoms with Crippen LogP contribution < -0.4 is 4.90 Å². The van der Waals surface area contributed by atoms with Crippen molar-refractivity contribution in [3.05, 3.63) is 46.7 Å². The van der Waals surface area contributed by atoms with Gasteiger partial charge in [-0.25, -0.2) is 18.7 Å². The Hall–Kier alpha value is -3.00. The number of nitrogens with zero attached hydrogens (tertiary/aromatic N) is 4. The molecular weight excluding hydrogens is 426 g/mol. The van der Waals surface area contributed by atoms with Crippen molar-refractivity contribution < 1.29 is 18.7 Å². The van der Waals surface area contributed by atoms with Gasteiger partial charge in [-0.3, -0.25) is 4.79 Å². The van der Waals surface area contributed by atoms with Crippen LogP contribution in [0, 0.1) is 18.6 Å². The molecule has 1 amide bonds. The van der Waals surface area contributed by atoms with E-state index in [1.54, 1.807) is 11.8 Å². The fraction of sp³-hybridized carbons (Fsp3) is 0.318. The highest BCUT2D eigenvalue weighted by Crippen LogP contribution is 2.42. The molecule has 0 atom stereocenters. The van der Waals surface area contributed by atoms with Crippen molar-refractivity contribution in [2.75, 3.05) is 31.1 Å². The van der Waals surface area contributed by atoms with Crippen molar-refractivity contribution >= 4 is 34.2 Å². The molecule has 0 bridgehead atoms. The third kappa shape index (κ3) is 3.76. The molecule has 1 aliphatic heterocycles. The maximum atomic E-state index is 15.6. The van der Waals surface area contributed by atoms with Gasteiger partial charge in [-0.2, -0.15) is 0 Å². The average Bonchev–Trinajstić information content (AvgIpc) is 2.75. The first kappa shape index (κ1) is 21.2. The minimum atomic E-state index is -0.825. The van der Waals surface area contributed by atoms with Gasteiger partial charge in [0, 0.05) is 43.5 Å². The van der Waals surface area contributed by atoms with Gasteiger partial charge in [0.2, 0.25) is 5.91 Å². The van der Waals surface area contributed by atoms with E-state index in [1.165, 1.54) is 18.2 Å². The molecule has 9 heteroatoms. The summed E-state index contributed by atoms with van der Waals surface area (Å²) in [4.78, 5) is 24.4. The summed E-state index contributed by atoms with van der Waals surface area (Å²) in [7, 11) is 0. The molecule has 0 radical (unpaired) electrons. The Labute approximate surface area is 183 Å². The zero-order valence-electron chi connectivity index (χ0n) is 17.1. The molecule has 0 saturated carbocycles. The van der Waals surface area contributed by atoms with Crippen molar-refractivity contribution in [2.24, 2.45) is 0 Å². The van der Waals surface area contributed by atoms with E-state index >= 15 is 4.39 Å². The number of hydrogen-bond acceptors (Lipinski definition) is 5. The first-order valence-corrected chi connectivity index (χ1v) is 10.4. The number of halogens is 3. The Balaban J connectivity index is 1.83. The minimum Gasteiger partial charge on any atom is -0.507 e. The highest BCUT2D eigenvalue weighted by Gasteiger charge is 2.26. The Morgan fingerprint density at radius 2 is 1.87 bits per heavy atom. The third-order valence-corrected chi connectivity index (χ3v) is 5.75. The Bertz CT molecular complexity index is 1160. The number of phenols is 1. The minimum absolute atomic E-state index is 0.00313. The molecule has 1 fully saturated rings. The number of carbonyl (C=O) groups is 1. The molecule has 6 nitrogen and oxygen atoms in total. The molecule has 2 aromatic carbocycles. The Morgan fingerprint density at radius 1 is 1.16 bits per heavy atom. The zero-order chi connectivity index (χ0) is 22.3. The molecule has 1 aromatic heterocycles. The van der Waals surface area contributed by atoms with Gasteiger partial charge >= 0.3 is 0 Å². The summed E-state index contributed by atoms with van der Waals surface area (Å²) in [5, 5.41) is 10.5. The summed E-state index contributed by atoms with van der Waals surface area (Å²) >= 11 is 6.38. The van der Waals surface area contributed by atoms with Gasteiger partial charge in [0.05, 0.1) is 10.6 Å². The lowest BCUT2D eigenvalue weighted by molar-refractivity contribution is -0.131. The lowest BCUT2D eigenvalue weighted by Crippen LogP contribution is -2.49. The van der Waals surface area contributed by atoms with Crippen LogP contribution in [-0.4, -0.2) is 52.1 Å². The number of anilines is 1. The predicted octanol–water partition coefficient (Wildman–Crippen LogP) is 4.30. The number of benzene rings is 2.